The standard InChI is InChI=1S/C10H10O2.C5H8O2/c1-7(11)9-3-5-10(6-4-9)8(2)12;1-4(6)3-5(2)7/h3-6H,1-2H3;3H2,1-2H3. The molecule has 4 heteroatoms. The predicted molar refractivity (Wildman–Crippen MR) is 72.4 cm³/mol. The van der Waals surface area contributed by atoms with Gasteiger partial charge in [0, 0.05) is 11.1 Å². The first kappa shape index (κ1) is 16.9. The van der Waals surface area contributed by atoms with Gasteiger partial charge in [0.25, 0.3) is 0 Å². The highest BCUT2D eigenvalue weighted by Crippen LogP contribution is 2.05. The minimum absolute atomic E-state index is 0.0186. The lowest BCUT2D eigenvalue weighted by molar-refractivity contribution is -0.124. The maximum absolute atomic E-state index is 10.8. The van der Waals surface area contributed by atoms with E-state index in [0.29, 0.717) is 11.1 Å². The van der Waals surface area contributed by atoms with E-state index < -0.39 is 0 Å². The van der Waals surface area contributed by atoms with Crippen LogP contribution >= 0.6 is 0 Å². The Morgan fingerprint density at radius 3 is 1.05 bits per heavy atom. The molecule has 0 N–H and O–H groups in total. The Morgan fingerprint density at radius 1 is 0.684 bits per heavy atom. The minimum Gasteiger partial charge on any atom is -0.300 e. The van der Waals surface area contributed by atoms with Crippen LogP contribution < -0.4 is 0 Å². The van der Waals surface area contributed by atoms with E-state index in [1.54, 1.807) is 24.3 Å². The van der Waals surface area contributed by atoms with Crippen molar-refractivity contribution in [1.29, 1.82) is 0 Å². The molecule has 102 valence electrons. The van der Waals surface area contributed by atoms with E-state index in [2.05, 4.69) is 0 Å². The van der Waals surface area contributed by atoms with Crippen LogP contribution in [0.1, 0.15) is 54.8 Å². The van der Waals surface area contributed by atoms with E-state index in [4.69, 9.17) is 0 Å². The van der Waals surface area contributed by atoms with Crippen molar-refractivity contribution in [3.05, 3.63) is 35.4 Å². The second kappa shape index (κ2) is 8.08. The summed E-state index contributed by atoms with van der Waals surface area (Å²) in [6.07, 6.45) is 0.0833. The minimum atomic E-state index is -0.0625. The molecule has 0 saturated heterocycles. The molecule has 0 bridgehead atoms. The molecule has 0 aliphatic rings. The molecule has 19 heavy (non-hydrogen) atoms. The Morgan fingerprint density at radius 2 is 0.947 bits per heavy atom. The smallest absolute Gasteiger partial charge is 0.159 e. The van der Waals surface area contributed by atoms with E-state index in [0.717, 1.165) is 0 Å². The largest absolute Gasteiger partial charge is 0.300 e. The highest BCUT2D eigenvalue weighted by atomic mass is 16.1. The third-order valence-corrected chi connectivity index (χ3v) is 2.20. The Bertz CT molecular complexity index is 438. The quantitative estimate of drug-likeness (QED) is 0.618. The van der Waals surface area contributed by atoms with Crippen LogP contribution in [0.3, 0.4) is 0 Å². The third-order valence-electron chi connectivity index (χ3n) is 2.20. The van der Waals surface area contributed by atoms with Gasteiger partial charge in [-0.25, -0.2) is 0 Å². The van der Waals surface area contributed by atoms with Crippen LogP contribution in [0, 0.1) is 0 Å². The van der Waals surface area contributed by atoms with Gasteiger partial charge in [0.2, 0.25) is 0 Å². The van der Waals surface area contributed by atoms with Crippen molar-refractivity contribution in [2.45, 2.75) is 34.1 Å². The average Bonchev–Trinajstić information content (AvgIpc) is 2.28. The first-order valence-corrected chi connectivity index (χ1v) is 5.84. The molecule has 4 nitrogen and oxygen atoms in total. The Kier molecular flexibility index (Phi) is 7.19. The van der Waals surface area contributed by atoms with E-state index in [-0.39, 0.29) is 29.6 Å². The average molecular weight is 262 g/mol. The normalized spacial score (nSPS) is 9.05. The number of benzene rings is 1. The number of Topliss-reactive ketones (excluding diaryl/α,β-unsaturated/α-hetero) is 4. The summed E-state index contributed by atoms with van der Waals surface area (Å²) in [5.41, 5.74) is 1.28. The lowest BCUT2D eigenvalue weighted by Crippen LogP contribution is -1.97. The summed E-state index contributed by atoms with van der Waals surface area (Å²) in [5, 5.41) is 0. The van der Waals surface area contributed by atoms with Crippen LogP contribution in [0.5, 0.6) is 0 Å². The SMILES string of the molecule is CC(=O)CC(C)=O.CC(=O)c1ccc(C(C)=O)cc1. The van der Waals surface area contributed by atoms with E-state index in [9.17, 15) is 19.2 Å². The number of carbonyl (C=O) groups excluding carboxylic acids is 4. The first-order valence-electron chi connectivity index (χ1n) is 5.84. The summed E-state index contributed by atoms with van der Waals surface area (Å²) in [7, 11) is 0. The molecular formula is C15H18O4. The topological polar surface area (TPSA) is 68.3 Å². The van der Waals surface area contributed by atoms with Crippen molar-refractivity contribution >= 4 is 23.1 Å². The molecule has 0 radical (unpaired) electrons. The van der Waals surface area contributed by atoms with Gasteiger partial charge >= 0.3 is 0 Å². The second-order valence-corrected chi connectivity index (χ2v) is 4.27. The molecule has 0 aromatic heterocycles. The molecule has 0 atom stereocenters. The maximum Gasteiger partial charge on any atom is 0.159 e. The van der Waals surface area contributed by atoms with Crippen LogP contribution in [-0.4, -0.2) is 23.1 Å². The van der Waals surface area contributed by atoms with Crippen molar-refractivity contribution in [3.63, 3.8) is 0 Å². The summed E-state index contributed by atoms with van der Waals surface area (Å²) in [4.78, 5) is 41.7. The zero-order valence-electron chi connectivity index (χ0n) is 11.6. The molecule has 0 unspecified atom stereocenters. The molecule has 0 saturated carbocycles. The van der Waals surface area contributed by atoms with Crippen molar-refractivity contribution in [1.82, 2.24) is 0 Å². The first-order chi connectivity index (χ1) is 8.73. The lowest BCUT2D eigenvalue weighted by atomic mass is 10.1. The molecular weight excluding hydrogens is 244 g/mol. The molecule has 0 aliphatic heterocycles. The van der Waals surface area contributed by atoms with Gasteiger partial charge in [0.1, 0.15) is 11.6 Å². The van der Waals surface area contributed by atoms with Crippen molar-refractivity contribution < 1.29 is 19.2 Å². The molecule has 0 spiro atoms. The maximum atomic E-state index is 10.8. The van der Waals surface area contributed by atoms with Gasteiger partial charge in [-0.15, -0.1) is 0 Å². The fraction of sp³-hybridized carbons (Fsp3) is 0.333. The van der Waals surface area contributed by atoms with Crippen molar-refractivity contribution in [2.75, 3.05) is 0 Å². The van der Waals surface area contributed by atoms with Gasteiger partial charge < -0.3 is 0 Å². The number of carbonyl (C=O) groups is 4. The zero-order valence-corrected chi connectivity index (χ0v) is 11.6. The fourth-order valence-electron chi connectivity index (χ4n) is 1.29. The Labute approximate surface area is 112 Å². The fourth-order valence-corrected chi connectivity index (χ4v) is 1.29. The van der Waals surface area contributed by atoms with Crippen molar-refractivity contribution in [2.24, 2.45) is 0 Å². The summed E-state index contributed by atoms with van der Waals surface area (Å²) >= 11 is 0. The van der Waals surface area contributed by atoms with Gasteiger partial charge in [-0.2, -0.15) is 0 Å². The van der Waals surface area contributed by atoms with Gasteiger partial charge in [-0.3, -0.25) is 19.2 Å². The molecule has 1 rings (SSSR count). The van der Waals surface area contributed by atoms with Crippen LogP contribution in [0.25, 0.3) is 0 Å². The van der Waals surface area contributed by atoms with Crippen LogP contribution in [-0.2, 0) is 9.59 Å². The van der Waals surface area contributed by atoms with Crippen LogP contribution in [0.15, 0.2) is 24.3 Å². The highest BCUT2D eigenvalue weighted by Gasteiger charge is 2.00. The van der Waals surface area contributed by atoms with E-state index >= 15 is 0 Å². The van der Waals surface area contributed by atoms with Gasteiger partial charge in [-0.1, -0.05) is 24.3 Å². The van der Waals surface area contributed by atoms with E-state index in [1.807, 2.05) is 0 Å². The highest BCUT2D eigenvalue weighted by molar-refractivity contribution is 5.97. The molecule has 0 fully saturated rings. The monoisotopic (exact) mass is 262 g/mol. The molecule has 1 aromatic carbocycles. The summed E-state index contributed by atoms with van der Waals surface area (Å²) in [6.45, 7) is 5.81. The Hall–Kier alpha value is -2.10. The molecule has 0 aliphatic carbocycles. The molecule has 1 aromatic rings. The zero-order chi connectivity index (χ0) is 15.0. The van der Waals surface area contributed by atoms with Crippen LogP contribution in [0.2, 0.25) is 0 Å². The Balaban J connectivity index is 0.000000399. The molecule has 0 heterocycles. The second-order valence-electron chi connectivity index (χ2n) is 4.27. The lowest BCUT2D eigenvalue weighted by Gasteiger charge is -1.96. The van der Waals surface area contributed by atoms with Crippen molar-refractivity contribution in [3.8, 4) is 0 Å². The number of hydrogen-bond donors (Lipinski definition) is 0. The van der Waals surface area contributed by atoms with Crippen LogP contribution in [0.4, 0.5) is 0 Å². The summed E-state index contributed by atoms with van der Waals surface area (Å²) in [6, 6.07) is 6.66. The van der Waals surface area contributed by atoms with Gasteiger partial charge in [-0.05, 0) is 27.7 Å². The van der Waals surface area contributed by atoms with Gasteiger partial charge in [0.05, 0.1) is 6.42 Å². The number of hydrogen-bond acceptors (Lipinski definition) is 4. The summed E-state index contributed by atoms with van der Waals surface area (Å²) in [5.74, 6) is -0.0878. The number of rotatable bonds is 4. The molecule has 0 amide bonds. The third kappa shape index (κ3) is 7.76. The predicted octanol–water partition coefficient (Wildman–Crippen LogP) is 2.65. The van der Waals surface area contributed by atoms with E-state index in [1.165, 1.54) is 27.7 Å². The summed E-state index contributed by atoms with van der Waals surface area (Å²) < 4.78 is 0. The van der Waals surface area contributed by atoms with Gasteiger partial charge in [0.15, 0.2) is 11.6 Å². The number of ketones is 4.